The summed E-state index contributed by atoms with van der Waals surface area (Å²) in [6.45, 7) is 0.709. The van der Waals surface area contributed by atoms with Gasteiger partial charge in [0, 0.05) is 15.7 Å². The molecule has 1 atom stereocenters. The maximum atomic E-state index is 13.0. The Morgan fingerprint density at radius 1 is 1.19 bits per heavy atom. The number of fused-ring (bicyclic) bond motifs is 2. The van der Waals surface area contributed by atoms with Crippen LogP contribution in [0, 0.1) is 3.57 Å². The molecule has 0 aliphatic carbocycles. The normalized spacial score (nSPS) is 17.3. The summed E-state index contributed by atoms with van der Waals surface area (Å²) < 4.78 is 18.9. The minimum absolute atomic E-state index is 0.0590. The molecule has 0 saturated heterocycles. The highest BCUT2D eigenvalue weighted by atomic mass is 127. The predicted molar refractivity (Wildman–Crippen MR) is 124 cm³/mol. The van der Waals surface area contributed by atoms with Crippen LogP contribution in [0.4, 0.5) is 0 Å². The van der Waals surface area contributed by atoms with Crippen molar-refractivity contribution in [1.29, 1.82) is 0 Å². The molecule has 9 nitrogen and oxygen atoms in total. The number of aromatic hydroxyl groups is 1. The van der Waals surface area contributed by atoms with Crippen molar-refractivity contribution in [2.24, 2.45) is 0 Å². The Morgan fingerprint density at radius 2 is 1.94 bits per heavy atom. The molecule has 10 heteroatoms. The van der Waals surface area contributed by atoms with E-state index in [2.05, 4.69) is 27.6 Å². The summed E-state index contributed by atoms with van der Waals surface area (Å²) >= 11 is 2.16. The molecule has 3 aromatic rings. The molecule has 1 aromatic heterocycles. The number of benzene rings is 2. The number of nitrogens with one attached hydrogen (secondary N) is 1. The van der Waals surface area contributed by atoms with Gasteiger partial charge in [0.15, 0.2) is 11.5 Å². The van der Waals surface area contributed by atoms with Crippen molar-refractivity contribution in [3.05, 3.63) is 71.4 Å². The van der Waals surface area contributed by atoms with Crippen molar-refractivity contribution in [2.75, 3.05) is 27.5 Å². The Balaban J connectivity index is 1.78. The molecule has 0 spiro atoms. The van der Waals surface area contributed by atoms with Crippen molar-refractivity contribution in [3.63, 3.8) is 0 Å². The highest BCUT2D eigenvalue weighted by Gasteiger charge is 2.38. The Hall–Kier alpha value is -2.99. The molecular weight excluding hydrogens is 529 g/mol. The molecular formula is C22H20IN3O6. The number of aromatic nitrogens is 2. The molecule has 3 heterocycles. The first-order valence-corrected chi connectivity index (χ1v) is 11.0. The van der Waals surface area contributed by atoms with Crippen molar-refractivity contribution >= 4 is 22.6 Å². The number of halogens is 1. The van der Waals surface area contributed by atoms with E-state index in [9.17, 15) is 14.7 Å². The Morgan fingerprint density at radius 3 is 2.66 bits per heavy atom. The second kappa shape index (κ2) is 7.85. The first-order chi connectivity index (χ1) is 15.4. The predicted octanol–water partition coefficient (Wildman–Crippen LogP) is 2.15. The van der Waals surface area contributed by atoms with Gasteiger partial charge in [-0.15, -0.1) is 0 Å². The van der Waals surface area contributed by atoms with Gasteiger partial charge < -0.3 is 19.3 Å². The monoisotopic (exact) mass is 549 g/mol. The molecule has 5 rings (SSSR count). The molecule has 2 aromatic carbocycles. The van der Waals surface area contributed by atoms with Crippen molar-refractivity contribution in [1.82, 2.24) is 14.5 Å². The van der Waals surface area contributed by atoms with Gasteiger partial charge >= 0.3 is 5.69 Å². The van der Waals surface area contributed by atoms with Crippen LogP contribution in [-0.4, -0.2) is 47.1 Å². The average Bonchev–Trinajstić information content (AvgIpc) is 3.23. The van der Waals surface area contributed by atoms with Gasteiger partial charge in [-0.2, -0.15) is 0 Å². The van der Waals surface area contributed by atoms with Gasteiger partial charge in [0.05, 0.1) is 24.4 Å². The minimum Gasteiger partial charge on any atom is -0.494 e. The van der Waals surface area contributed by atoms with Crippen LogP contribution in [0.15, 0.2) is 39.9 Å². The van der Waals surface area contributed by atoms with Crippen molar-refractivity contribution < 1.29 is 19.3 Å². The van der Waals surface area contributed by atoms with Crippen LogP contribution < -0.4 is 25.5 Å². The number of ether oxygens (including phenoxy) is 3. The van der Waals surface area contributed by atoms with E-state index in [0.29, 0.717) is 41.5 Å². The summed E-state index contributed by atoms with van der Waals surface area (Å²) in [4.78, 5) is 30.0. The number of rotatable bonds is 3. The van der Waals surface area contributed by atoms with Gasteiger partial charge in [-0.3, -0.25) is 14.7 Å². The SMILES string of the molecule is COc1c2c(cc3c1[C@@H](c1c(O)n(-c4ccc(I)cc4)c(=O)[nH]c1=O)N(C)CC3)OCO2. The van der Waals surface area contributed by atoms with Crippen LogP contribution >= 0.6 is 22.6 Å². The maximum Gasteiger partial charge on any atom is 0.335 e. The standard InChI is InChI=1S/C22H20IN3O6/c1-25-8-7-11-9-14-18(32-10-31-14)19(30-2)15(11)17(25)16-20(27)24-22(29)26(21(16)28)13-5-3-12(23)4-6-13/h3-6,9,17,28H,7-8,10H2,1-2H3,(H,24,27,29)/t17-/m0/s1. The zero-order valence-corrected chi connectivity index (χ0v) is 19.5. The number of hydrogen-bond acceptors (Lipinski definition) is 7. The number of H-pyrrole nitrogens is 1. The summed E-state index contributed by atoms with van der Waals surface area (Å²) in [5, 5.41) is 11.2. The van der Waals surface area contributed by atoms with Gasteiger partial charge in [0.1, 0.15) is 0 Å². The number of methoxy groups -OCH3 is 1. The zero-order valence-electron chi connectivity index (χ0n) is 17.3. The Labute approximate surface area is 196 Å². The number of aromatic amines is 1. The highest BCUT2D eigenvalue weighted by molar-refractivity contribution is 14.1. The third-order valence-corrected chi connectivity index (χ3v) is 6.59. The molecule has 2 N–H and O–H groups in total. The number of nitrogens with zero attached hydrogens (tertiary/aromatic N) is 2. The lowest BCUT2D eigenvalue weighted by Crippen LogP contribution is -2.39. The minimum atomic E-state index is -0.714. The first-order valence-electron chi connectivity index (χ1n) is 9.94. The molecule has 0 saturated carbocycles. The lowest BCUT2D eigenvalue weighted by molar-refractivity contribution is 0.170. The molecule has 0 bridgehead atoms. The molecule has 32 heavy (non-hydrogen) atoms. The summed E-state index contributed by atoms with van der Waals surface area (Å²) in [5.41, 5.74) is 0.775. The fraction of sp³-hybridized carbons (Fsp3) is 0.273. The molecule has 2 aliphatic rings. The van der Waals surface area contributed by atoms with E-state index in [4.69, 9.17) is 14.2 Å². The second-order valence-electron chi connectivity index (χ2n) is 7.66. The van der Waals surface area contributed by atoms with E-state index >= 15 is 0 Å². The van der Waals surface area contributed by atoms with E-state index in [1.165, 1.54) is 7.11 Å². The van der Waals surface area contributed by atoms with Crippen LogP contribution in [-0.2, 0) is 6.42 Å². The van der Waals surface area contributed by atoms with Gasteiger partial charge in [0.25, 0.3) is 5.56 Å². The van der Waals surface area contributed by atoms with Crippen LogP contribution in [0.5, 0.6) is 23.1 Å². The number of likely N-dealkylation sites (N-methyl/N-ethyl adjacent to an activating group) is 1. The summed E-state index contributed by atoms with van der Waals surface area (Å²) in [7, 11) is 3.39. The zero-order chi connectivity index (χ0) is 22.6. The maximum absolute atomic E-state index is 13.0. The fourth-order valence-corrected chi connectivity index (χ4v) is 4.77. The van der Waals surface area contributed by atoms with Crippen molar-refractivity contribution in [2.45, 2.75) is 12.5 Å². The van der Waals surface area contributed by atoms with E-state index in [1.807, 2.05) is 30.1 Å². The highest BCUT2D eigenvalue weighted by Crippen LogP contribution is 2.51. The first kappa shape index (κ1) is 20.9. The molecule has 0 radical (unpaired) electrons. The summed E-state index contributed by atoms with van der Waals surface area (Å²) in [6, 6.07) is 8.28. The third-order valence-electron chi connectivity index (χ3n) is 5.87. The fourth-order valence-electron chi connectivity index (χ4n) is 4.41. The molecule has 166 valence electrons. The van der Waals surface area contributed by atoms with E-state index in [-0.39, 0.29) is 12.4 Å². The van der Waals surface area contributed by atoms with Gasteiger partial charge in [-0.25, -0.2) is 9.36 Å². The largest absolute Gasteiger partial charge is 0.494 e. The lowest BCUT2D eigenvalue weighted by atomic mass is 9.87. The third kappa shape index (κ3) is 3.16. The lowest BCUT2D eigenvalue weighted by Gasteiger charge is -2.35. The average molecular weight is 549 g/mol. The van der Waals surface area contributed by atoms with E-state index in [0.717, 1.165) is 13.7 Å². The summed E-state index contributed by atoms with van der Waals surface area (Å²) in [5.74, 6) is 1.10. The van der Waals surface area contributed by atoms with Crippen molar-refractivity contribution in [3.8, 4) is 28.8 Å². The Kier molecular flexibility index (Phi) is 5.13. The van der Waals surface area contributed by atoms with Gasteiger partial charge in [-0.05, 0) is 72.0 Å². The summed E-state index contributed by atoms with van der Waals surface area (Å²) in [6.07, 6.45) is 0.699. The molecule has 2 aliphatic heterocycles. The molecule has 0 amide bonds. The van der Waals surface area contributed by atoms with Crippen LogP contribution in [0.3, 0.4) is 0 Å². The van der Waals surface area contributed by atoms with Crippen LogP contribution in [0.1, 0.15) is 22.7 Å². The molecule has 0 fully saturated rings. The van der Waals surface area contributed by atoms with E-state index in [1.54, 1.807) is 12.1 Å². The smallest absolute Gasteiger partial charge is 0.335 e. The van der Waals surface area contributed by atoms with Gasteiger partial charge in [0.2, 0.25) is 18.4 Å². The quantitative estimate of drug-likeness (QED) is 0.483. The van der Waals surface area contributed by atoms with E-state index < -0.39 is 23.2 Å². The van der Waals surface area contributed by atoms with Gasteiger partial charge in [-0.1, -0.05) is 0 Å². The van der Waals surface area contributed by atoms with Crippen LogP contribution in [0.25, 0.3) is 5.69 Å². The molecule has 0 unspecified atom stereocenters. The Bertz CT molecular complexity index is 1330. The number of hydrogen-bond donors (Lipinski definition) is 2. The topological polar surface area (TPSA) is 106 Å². The second-order valence-corrected chi connectivity index (χ2v) is 8.90. The van der Waals surface area contributed by atoms with Crippen LogP contribution in [0.2, 0.25) is 0 Å².